The van der Waals surface area contributed by atoms with E-state index in [1.165, 1.54) is 11.1 Å². The molecule has 2 aromatic carbocycles. The summed E-state index contributed by atoms with van der Waals surface area (Å²) >= 11 is 0. The lowest BCUT2D eigenvalue weighted by Crippen LogP contribution is -2.34. The van der Waals surface area contributed by atoms with Gasteiger partial charge in [-0.3, -0.25) is 4.99 Å². The lowest BCUT2D eigenvalue weighted by Gasteiger charge is -2.34. The molecule has 0 radical (unpaired) electrons. The first-order valence-corrected chi connectivity index (χ1v) is 6.19. The van der Waals surface area contributed by atoms with Crippen LogP contribution in [0, 0.1) is 0 Å². The van der Waals surface area contributed by atoms with Crippen molar-refractivity contribution in [2.75, 3.05) is 5.32 Å². The number of nitrogens with one attached hydrogen (secondary N) is 1. The van der Waals surface area contributed by atoms with Crippen LogP contribution in [0.1, 0.15) is 25.0 Å². The maximum absolute atomic E-state index is 4.83. The van der Waals surface area contributed by atoms with Gasteiger partial charge in [-0.05, 0) is 25.5 Å². The van der Waals surface area contributed by atoms with Gasteiger partial charge in [0.1, 0.15) is 0 Å². The first kappa shape index (κ1) is 11.0. The van der Waals surface area contributed by atoms with E-state index in [1.807, 2.05) is 24.3 Å². The third-order valence-electron chi connectivity index (χ3n) is 3.42. The Balaban J connectivity index is 2.11. The van der Waals surface area contributed by atoms with Crippen LogP contribution in [0.5, 0.6) is 0 Å². The number of anilines is 1. The minimum Gasteiger partial charge on any atom is -0.357 e. The van der Waals surface area contributed by atoms with Crippen LogP contribution in [0.25, 0.3) is 0 Å². The molecule has 1 unspecified atom stereocenters. The van der Waals surface area contributed by atoms with Crippen LogP contribution in [0.15, 0.2) is 59.6 Å². The Morgan fingerprint density at radius 1 is 0.944 bits per heavy atom. The van der Waals surface area contributed by atoms with Crippen molar-refractivity contribution in [3.63, 3.8) is 0 Å². The molecule has 0 saturated carbocycles. The fourth-order valence-corrected chi connectivity index (χ4v) is 2.49. The summed E-state index contributed by atoms with van der Waals surface area (Å²) in [4.78, 5) is 4.83. The number of para-hydroxylation sites is 1. The van der Waals surface area contributed by atoms with Gasteiger partial charge in [-0.1, -0.05) is 48.5 Å². The number of aliphatic imine (C=N–C) groups is 1. The molecule has 3 rings (SSSR count). The molecule has 0 aromatic heterocycles. The van der Waals surface area contributed by atoms with Crippen molar-refractivity contribution in [3.8, 4) is 0 Å². The van der Waals surface area contributed by atoms with E-state index in [1.54, 1.807) is 0 Å². The van der Waals surface area contributed by atoms with E-state index in [2.05, 4.69) is 49.5 Å². The van der Waals surface area contributed by atoms with E-state index >= 15 is 0 Å². The molecule has 0 saturated heterocycles. The Labute approximate surface area is 107 Å². The number of benzene rings is 2. The molecular weight excluding hydrogens is 220 g/mol. The standard InChI is InChI=1S/C16H16N2/c1-12-14-10-6-7-11-15(14)18-16(2,17-12)13-8-4-3-5-9-13/h3-11,18H,1-2H3. The van der Waals surface area contributed by atoms with E-state index in [9.17, 15) is 0 Å². The highest BCUT2D eigenvalue weighted by Gasteiger charge is 2.30. The van der Waals surface area contributed by atoms with Crippen LogP contribution in [0.4, 0.5) is 5.69 Å². The van der Waals surface area contributed by atoms with Crippen molar-refractivity contribution in [2.24, 2.45) is 4.99 Å². The molecule has 0 spiro atoms. The van der Waals surface area contributed by atoms with Crippen molar-refractivity contribution in [3.05, 3.63) is 65.7 Å². The van der Waals surface area contributed by atoms with Crippen LogP contribution in [0.2, 0.25) is 0 Å². The summed E-state index contributed by atoms with van der Waals surface area (Å²) in [6.07, 6.45) is 0. The summed E-state index contributed by atoms with van der Waals surface area (Å²) in [7, 11) is 0. The Kier molecular flexibility index (Phi) is 2.44. The predicted molar refractivity (Wildman–Crippen MR) is 76.1 cm³/mol. The molecule has 2 heteroatoms. The molecule has 0 aliphatic carbocycles. The second-order valence-corrected chi connectivity index (χ2v) is 4.81. The third-order valence-corrected chi connectivity index (χ3v) is 3.42. The second kappa shape index (κ2) is 3.98. The highest BCUT2D eigenvalue weighted by Crippen LogP contribution is 2.34. The molecule has 0 bridgehead atoms. The van der Waals surface area contributed by atoms with Crippen molar-refractivity contribution in [1.29, 1.82) is 0 Å². The van der Waals surface area contributed by atoms with E-state index in [-0.39, 0.29) is 5.66 Å². The van der Waals surface area contributed by atoms with Gasteiger partial charge in [0.25, 0.3) is 0 Å². The zero-order valence-corrected chi connectivity index (χ0v) is 10.6. The normalized spacial score (nSPS) is 21.8. The van der Waals surface area contributed by atoms with Crippen LogP contribution >= 0.6 is 0 Å². The van der Waals surface area contributed by atoms with Gasteiger partial charge in [0.05, 0.1) is 0 Å². The minimum absolute atomic E-state index is 0.375. The average Bonchev–Trinajstić information content (AvgIpc) is 2.40. The summed E-state index contributed by atoms with van der Waals surface area (Å²) in [5.41, 5.74) is 4.22. The number of fused-ring (bicyclic) bond motifs is 1. The SMILES string of the molecule is CC1=NC(C)(c2ccccc2)Nc2ccccc21. The molecule has 1 aliphatic heterocycles. The summed E-state index contributed by atoms with van der Waals surface area (Å²) in [6.45, 7) is 4.18. The van der Waals surface area contributed by atoms with Gasteiger partial charge >= 0.3 is 0 Å². The van der Waals surface area contributed by atoms with E-state index in [4.69, 9.17) is 4.99 Å². The quantitative estimate of drug-likeness (QED) is 0.800. The molecular formula is C16H16N2. The summed E-state index contributed by atoms with van der Waals surface area (Å²) in [6, 6.07) is 18.7. The zero-order chi connectivity index (χ0) is 12.6. The van der Waals surface area contributed by atoms with Crippen molar-refractivity contribution in [2.45, 2.75) is 19.5 Å². The Morgan fingerprint density at radius 2 is 1.61 bits per heavy atom. The van der Waals surface area contributed by atoms with Crippen molar-refractivity contribution < 1.29 is 0 Å². The lowest BCUT2D eigenvalue weighted by atomic mass is 9.96. The summed E-state index contributed by atoms with van der Waals surface area (Å²) in [5.74, 6) is 0. The first-order chi connectivity index (χ1) is 8.69. The molecule has 1 atom stereocenters. The minimum atomic E-state index is -0.375. The lowest BCUT2D eigenvalue weighted by molar-refractivity contribution is 0.571. The van der Waals surface area contributed by atoms with Crippen LogP contribution < -0.4 is 5.32 Å². The number of hydrogen-bond donors (Lipinski definition) is 1. The molecule has 0 fully saturated rings. The predicted octanol–water partition coefficient (Wildman–Crippen LogP) is 3.79. The Hall–Kier alpha value is -2.09. The van der Waals surface area contributed by atoms with Crippen LogP contribution in [0.3, 0.4) is 0 Å². The fraction of sp³-hybridized carbons (Fsp3) is 0.188. The largest absolute Gasteiger partial charge is 0.357 e. The summed E-state index contributed by atoms with van der Waals surface area (Å²) < 4.78 is 0. The average molecular weight is 236 g/mol. The monoisotopic (exact) mass is 236 g/mol. The van der Waals surface area contributed by atoms with Gasteiger partial charge in [0.15, 0.2) is 5.66 Å². The number of nitrogens with zero attached hydrogens (tertiary/aromatic N) is 1. The highest BCUT2D eigenvalue weighted by molar-refractivity contribution is 6.05. The second-order valence-electron chi connectivity index (χ2n) is 4.81. The maximum atomic E-state index is 4.83. The molecule has 1 N–H and O–H groups in total. The molecule has 1 heterocycles. The molecule has 90 valence electrons. The summed E-state index contributed by atoms with van der Waals surface area (Å²) in [5, 5.41) is 3.53. The Morgan fingerprint density at radius 3 is 2.39 bits per heavy atom. The molecule has 1 aliphatic rings. The van der Waals surface area contributed by atoms with Gasteiger partial charge in [-0.25, -0.2) is 0 Å². The number of rotatable bonds is 1. The third kappa shape index (κ3) is 1.70. The zero-order valence-electron chi connectivity index (χ0n) is 10.6. The van der Waals surface area contributed by atoms with Gasteiger partial charge < -0.3 is 5.32 Å². The van der Waals surface area contributed by atoms with Gasteiger partial charge in [0.2, 0.25) is 0 Å². The maximum Gasteiger partial charge on any atom is 0.153 e. The molecule has 18 heavy (non-hydrogen) atoms. The van der Waals surface area contributed by atoms with Gasteiger partial charge in [-0.2, -0.15) is 0 Å². The first-order valence-electron chi connectivity index (χ1n) is 6.19. The molecule has 0 amide bonds. The molecule has 2 nitrogen and oxygen atoms in total. The van der Waals surface area contributed by atoms with Crippen molar-refractivity contribution >= 4 is 11.4 Å². The highest BCUT2D eigenvalue weighted by atomic mass is 15.2. The topological polar surface area (TPSA) is 24.4 Å². The van der Waals surface area contributed by atoms with Crippen LogP contribution in [-0.4, -0.2) is 5.71 Å². The van der Waals surface area contributed by atoms with E-state index in [0.29, 0.717) is 0 Å². The van der Waals surface area contributed by atoms with Gasteiger partial charge in [-0.15, -0.1) is 0 Å². The Bertz CT molecular complexity index is 602. The fourth-order valence-electron chi connectivity index (χ4n) is 2.49. The van der Waals surface area contributed by atoms with E-state index in [0.717, 1.165) is 11.4 Å². The van der Waals surface area contributed by atoms with Gasteiger partial charge in [0, 0.05) is 17.0 Å². The van der Waals surface area contributed by atoms with E-state index < -0.39 is 0 Å². The van der Waals surface area contributed by atoms with Crippen LogP contribution in [-0.2, 0) is 5.66 Å². The molecule has 2 aromatic rings. The number of hydrogen-bond acceptors (Lipinski definition) is 2. The van der Waals surface area contributed by atoms with Crippen molar-refractivity contribution in [1.82, 2.24) is 0 Å². The smallest absolute Gasteiger partial charge is 0.153 e.